The van der Waals surface area contributed by atoms with E-state index in [2.05, 4.69) is 156 Å². The van der Waals surface area contributed by atoms with Crippen molar-refractivity contribution < 1.29 is 17.6 Å². The van der Waals surface area contributed by atoms with E-state index in [9.17, 15) is 0 Å². The van der Waals surface area contributed by atoms with Crippen molar-refractivity contribution in [3.63, 3.8) is 0 Å². The van der Waals surface area contributed by atoms with E-state index in [1.807, 2.05) is 24.8 Å². The minimum Gasteiger partial charge on any atom is -0.309 e. The van der Waals surface area contributed by atoms with E-state index in [1.54, 1.807) is 73.8 Å². The van der Waals surface area contributed by atoms with Crippen LogP contribution in [-0.2, 0) is 0 Å². The maximum atomic E-state index is 15.7. The SMILES string of the molecule is Cc1cc2cncnc2c(C)c1N(c1ccc(F)cc1)c1cc(N(c2ccc(F)cc2)c2c(C)cc3cncnc3c2C)c2ccc3c(N(c4ccc(F)cc4)c4c(C)cc5cncnc5c4C)cc(N(c4ccc(F)cc4)c4c(C)cc5cncnc5c4C)c4ccc1c2c43. The van der Waals surface area contributed by atoms with Gasteiger partial charge in [-0.25, -0.2) is 57.4 Å². The Morgan fingerprint density at radius 2 is 0.469 bits per heavy atom. The van der Waals surface area contributed by atoms with E-state index in [0.717, 1.165) is 143 Å². The molecule has 4 aromatic heterocycles. The van der Waals surface area contributed by atoms with Crippen molar-refractivity contribution in [3.8, 4) is 0 Å². The second-order valence-corrected chi connectivity index (χ2v) is 24.7. The van der Waals surface area contributed by atoms with Gasteiger partial charge in [-0.05, 0) is 233 Å². The van der Waals surface area contributed by atoms with Gasteiger partial charge in [0.1, 0.15) is 48.6 Å². The summed E-state index contributed by atoms with van der Waals surface area (Å²) in [6, 6.07) is 47.5. The number of rotatable bonds is 12. The molecule has 12 aromatic carbocycles. The Kier molecular flexibility index (Phi) is 14.1. The van der Waals surface area contributed by atoms with Crippen LogP contribution in [0.4, 0.5) is 85.8 Å². The summed E-state index contributed by atoms with van der Waals surface area (Å²) in [5.74, 6) is -1.64. The highest BCUT2D eigenvalue weighted by molar-refractivity contribution is 6.33. The van der Waals surface area contributed by atoms with Gasteiger partial charge in [0.15, 0.2) is 0 Å². The summed E-state index contributed by atoms with van der Waals surface area (Å²) in [7, 11) is 0. The first-order chi connectivity index (χ1) is 46.6. The first kappa shape index (κ1) is 59.0. The number of halogens is 4. The largest absolute Gasteiger partial charge is 0.309 e. The summed E-state index contributed by atoms with van der Waals surface area (Å²) in [6.07, 6.45) is 13.4. The van der Waals surface area contributed by atoms with Crippen molar-refractivity contribution in [1.82, 2.24) is 39.9 Å². The predicted molar refractivity (Wildman–Crippen MR) is 379 cm³/mol. The zero-order valence-electron chi connectivity index (χ0n) is 53.5. The molecule has 0 aliphatic rings. The Labute approximate surface area is 549 Å². The summed E-state index contributed by atoms with van der Waals surface area (Å²) in [6.45, 7) is 16.5. The van der Waals surface area contributed by atoms with Gasteiger partial charge in [0.25, 0.3) is 0 Å². The molecular formula is C80H58F4N12. The lowest BCUT2D eigenvalue weighted by Gasteiger charge is -2.36. The molecule has 16 heteroatoms. The number of fused-ring (bicyclic) bond motifs is 4. The lowest BCUT2D eigenvalue weighted by Crippen LogP contribution is -2.18. The summed E-state index contributed by atoms with van der Waals surface area (Å²) in [5, 5.41) is 8.31. The predicted octanol–water partition coefficient (Wildman–Crippen LogP) is 21.3. The molecule has 0 amide bonds. The highest BCUT2D eigenvalue weighted by atomic mass is 19.1. The summed E-state index contributed by atoms with van der Waals surface area (Å²) in [4.78, 5) is 46.0. The molecule has 0 aliphatic carbocycles. The quantitative estimate of drug-likeness (QED) is 0.0856. The average molecular weight is 1260 g/mol. The molecule has 466 valence electrons. The third-order valence-corrected chi connectivity index (χ3v) is 18.8. The van der Waals surface area contributed by atoms with E-state index in [4.69, 9.17) is 19.9 Å². The topological polar surface area (TPSA) is 116 Å². The highest BCUT2D eigenvalue weighted by Gasteiger charge is 2.33. The second kappa shape index (κ2) is 22.9. The molecule has 96 heavy (non-hydrogen) atoms. The molecular weight excluding hydrogens is 1200 g/mol. The minimum absolute atomic E-state index is 0.409. The van der Waals surface area contributed by atoms with Crippen molar-refractivity contribution in [1.29, 1.82) is 0 Å². The third kappa shape index (κ3) is 9.49. The van der Waals surface area contributed by atoms with Crippen LogP contribution in [-0.4, -0.2) is 39.9 Å². The summed E-state index contributed by atoms with van der Waals surface area (Å²) in [5.41, 5.74) is 18.6. The fourth-order valence-electron chi connectivity index (χ4n) is 14.8. The third-order valence-electron chi connectivity index (χ3n) is 18.8. The maximum absolute atomic E-state index is 15.7. The van der Waals surface area contributed by atoms with Crippen molar-refractivity contribution in [2.45, 2.75) is 55.4 Å². The minimum atomic E-state index is -0.409. The lowest BCUT2D eigenvalue weighted by atomic mass is 9.88. The first-order valence-corrected chi connectivity index (χ1v) is 31.4. The zero-order valence-corrected chi connectivity index (χ0v) is 53.5. The smallest absolute Gasteiger partial charge is 0.123 e. The molecule has 0 saturated heterocycles. The van der Waals surface area contributed by atoms with Gasteiger partial charge in [0, 0.05) is 101 Å². The average Bonchev–Trinajstić information content (AvgIpc) is 0.697. The van der Waals surface area contributed by atoms with E-state index in [1.165, 1.54) is 48.5 Å². The first-order valence-electron chi connectivity index (χ1n) is 31.4. The molecule has 0 aliphatic heterocycles. The highest BCUT2D eigenvalue weighted by Crippen LogP contribution is 2.57. The Morgan fingerprint density at radius 1 is 0.260 bits per heavy atom. The Bertz CT molecular complexity index is 5120. The van der Waals surface area contributed by atoms with Gasteiger partial charge in [0.2, 0.25) is 0 Å². The second-order valence-electron chi connectivity index (χ2n) is 24.7. The fraction of sp³-hybridized carbons (Fsp3) is 0.100. The maximum Gasteiger partial charge on any atom is 0.123 e. The Hall–Kier alpha value is -12.0. The molecule has 0 spiro atoms. The van der Waals surface area contributed by atoms with Crippen LogP contribution < -0.4 is 19.6 Å². The molecule has 16 rings (SSSR count). The lowest BCUT2D eigenvalue weighted by molar-refractivity contribution is 0.627. The van der Waals surface area contributed by atoms with Crippen LogP contribution in [0.25, 0.3) is 75.9 Å². The van der Waals surface area contributed by atoms with Crippen LogP contribution in [0.5, 0.6) is 0 Å². The van der Waals surface area contributed by atoms with Gasteiger partial charge in [-0.15, -0.1) is 0 Å². The normalized spacial score (nSPS) is 11.8. The monoisotopic (exact) mass is 1260 g/mol. The van der Waals surface area contributed by atoms with Crippen molar-refractivity contribution in [3.05, 3.63) is 276 Å². The van der Waals surface area contributed by atoms with Crippen molar-refractivity contribution in [2.75, 3.05) is 19.6 Å². The van der Waals surface area contributed by atoms with Crippen LogP contribution in [0.15, 0.2) is 208 Å². The van der Waals surface area contributed by atoms with Crippen LogP contribution in [0, 0.1) is 78.7 Å². The van der Waals surface area contributed by atoms with Gasteiger partial charge in [0.05, 0.1) is 67.6 Å². The van der Waals surface area contributed by atoms with Crippen LogP contribution >= 0.6 is 0 Å². The van der Waals surface area contributed by atoms with Gasteiger partial charge >= 0.3 is 0 Å². The Morgan fingerprint density at radius 3 is 0.677 bits per heavy atom. The number of anilines is 12. The molecule has 0 fully saturated rings. The van der Waals surface area contributed by atoms with Gasteiger partial charge in [-0.1, -0.05) is 24.3 Å². The molecule has 0 unspecified atom stereocenters. The number of hydrogen-bond acceptors (Lipinski definition) is 12. The van der Waals surface area contributed by atoms with Crippen LogP contribution in [0.2, 0.25) is 0 Å². The molecule has 16 aromatic rings. The molecule has 12 nitrogen and oxygen atoms in total. The van der Waals surface area contributed by atoms with Crippen LogP contribution in [0.3, 0.4) is 0 Å². The van der Waals surface area contributed by atoms with E-state index >= 15 is 17.6 Å². The molecule has 0 bridgehead atoms. The van der Waals surface area contributed by atoms with Gasteiger partial charge in [-0.3, -0.25) is 0 Å². The fourth-order valence-corrected chi connectivity index (χ4v) is 14.8. The molecule has 0 atom stereocenters. The van der Waals surface area contributed by atoms with Gasteiger partial charge in [-0.2, -0.15) is 0 Å². The standard InChI is InChI=1S/C80H58F4N12/c1-43-29-51-35-85-39-89-73(51)47(5)77(43)93(59-17-9-55(81)10-18-59)67-33-68(94(60-19-11-56(82)12-20-60)78-44(2)30-52-36-86-40-90-74(52)48(78)6)64-27-28-66-70(96(62-23-15-58(84)16-24-62)80-46(4)32-54-38-88-42-92-76(54)50(80)8)34-69(65-26-25-63(67)71(64)72(65)66)95(61-21-13-57(83)14-22-61)79-45(3)31-53-37-87-41-91-75(53)49(79)7/h9-42H,1-8H3. The zero-order chi connectivity index (χ0) is 65.9. The summed E-state index contributed by atoms with van der Waals surface area (Å²) < 4.78 is 62.6. The van der Waals surface area contributed by atoms with Gasteiger partial charge < -0.3 is 19.6 Å². The number of aromatic nitrogens is 8. The molecule has 4 heterocycles. The van der Waals surface area contributed by atoms with E-state index < -0.39 is 23.3 Å². The summed E-state index contributed by atoms with van der Waals surface area (Å²) >= 11 is 0. The number of hydrogen-bond donors (Lipinski definition) is 0. The van der Waals surface area contributed by atoms with Crippen molar-refractivity contribution >= 4 is 144 Å². The number of benzene rings is 12. The molecule has 0 N–H and O–H groups in total. The molecule has 0 saturated carbocycles. The number of nitrogens with zero attached hydrogens (tertiary/aromatic N) is 12. The van der Waals surface area contributed by atoms with E-state index in [-0.39, 0.29) is 0 Å². The number of aryl methyl sites for hydroxylation is 8. The Balaban J connectivity index is 1.15. The van der Waals surface area contributed by atoms with Crippen molar-refractivity contribution in [2.24, 2.45) is 0 Å². The van der Waals surface area contributed by atoms with Crippen LogP contribution in [0.1, 0.15) is 44.5 Å². The van der Waals surface area contributed by atoms with E-state index in [0.29, 0.717) is 45.5 Å². The molecule has 0 radical (unpaired) electrons.